The summed E-state index contributed by atoms with van der Waals surface area (Å²) in [5.41, 5.74) is 2.46. The third-order valence-corrected chi connectivity index (χ3v) is 6.33. The van der Waals surface area contributed by atoms with Crippen LogP contribution in [0.4, 0.5) is 5.69 Å². The molecule has 0 spiro atoms. The minimum absolute atomic E-state index is 0.0948. The number of rotatable bonds is 10. The van der Waals surface area contributed by atoms with Crippen molar-refractivity contribution in [2.24, 2.45) is 0 Å². The molecule has 166 valence electrons. The number of amides is 1. The highest BCUT2D eigenvalue weighted by molar-refractivity contribution is 7.16. The predicted molar refractivity (Wildman–Crippen MR) is 134 cm³/mol. The minimum atomic E-state index is -0.378. The Hall–Kier alpha value is -3.14. The minimum Gasteiger partial charge on any atom is -0.380 e. The van der Waals surface area contributed by atoms with Crippen molar-refractivity contribution in [3.63, 3.8) is 0 Å². The van der Waals surface area contributed by atoms with Crippen molar-refractivity contribution < 1.29 is 9.53 Å². The van der Waals surface area contributed by atoms with Gasteiger partial charge in [0.25, 0.3) is 5.91 Å². The highest BCUT2D eigenvalue weighted by Crippen LogP contribution is 2.32. The van der Waals surface area contributed by atoms with Crippen LogP contribution >= 0.6 is 11.3 Å². The largest absolute Gasteiger partial charge is 0.380 e. The molecule has 3 aromatic rings. The average molecular weight is 448 g/mol. The lowest BCUT2D eigenvalue weighted by Gasteiger charge is -2.21. The number of fused-ring (bicyclic) bond motifs is 1. The summed E-state index contributed by atoms with van der Waals surface area (Å²) in [5.74, 6) is -0.378. The molecule has 0 bridgehead atoms. The Morgan fingerprint density at radius 3 is 2.56 bits per heavy atom. The zero-order chi connectivity index (χ0) is 22.9. The van der Waals surface area contributed by atoms with Crippen molar-refractivity contribution in [2.45, 2.75) is 20.8 Å². The molecule has 32 heavy (non-hydrogen) atoms. The molecule has 0 aliphatic rings. The zero-order valence-corrected chi connectivity index (χ0v) is 19.7. The van der Waals surface area contributed by atoms with Crippen molar-refractivity contribution in [3.05, 3.63) is 59.0 Å². The number of nitrogens with one attached hydrogen (secondary N) is 1. The first-order chi connectivity index (χ1) is 15.6. The van der Waals surface area contributed by atoms with Crippen LogP contribution in [0.1, 0.15) is 25.6 Å². The van der Waals surface area contributed by atoms with Gasteiger partial charge in [0.05, 0.1) is 6.61 Å². The van der Waals surface area contributed by atoms with E-state index in [1.54, 1.807) is 17.4 Å². The van der Waals surface area contributed by atoms with Gasteiger partial charge in [0.15, 0.2) is 0 Å². The second kappa shape index (κ2) is 11.5. The topological polar surface area (TPSA) is 65.4 Å². The highest BCUT2D eigenvalue weighted by atomic mass is 32.1. The standard InChI is InChI=1S/C26H29N3O2S/c1-4-29(5-2)23-10-9-19-15-21(8-7-20(19)16-23)25-12-11-24(32-25)17-22(18-27)26(30)28-13-14-31-6-3/h7-12,15-17H,4-6,13-14H2,1-3H3,(H,28,30)/b22-17+. The maximum absolute atomic E-state index is 12.2. The smallest absolute Gasteiger partial charge is 0.262 e. The fourth-order valence-electron chi connectivity index (χ4n) is 3.52. The van der Waals surface area contributed by atoms with E-state index in [0.29, 0.717) is 19.8 Å². The third kappa shape index (κ3) is 5.76. The molecule has 0 aliphatic carbocycles. The summed E-state index contributed by atoms with van der Waals surface area (Å²) < 4.78 is 5.21. The molecule has 0 unspecified atom stereocenters. The quantitative estimate of drug-likeness (QED) is 0.254. The molecule has 0 aliphatic heterocycles. The summed E-state index contributed by atoms with van der Waals surface area (Å²) in [4.78, 5) is 16.5. The number of anilines is 1. The lowest BCUT2D eigenvalue weighted by atomic mass is 10.0. The molecule has 1 N–H and O–H groups in total. The number of hydrogen-bond acceptors (Lipinski definition) is 5. The van der Waals surface area contributed by atoms with E-state index in [2.05, 4.69) is 60.5 Å². The van der Waals surface area contributed by atoms with Gasteiger partial charge < -0.3 is 15.0 Å². The molecule has 0 saturated carbocycles. The van der Waals surface area contributed by atoms with Crippen molar-refractivity contribution in [3.8, 4) is 16.5 Å². The van der Waals surface area contributed by atoms with Gasteiger partial charge in [0.2, 0.25) is 0 Å². The second-order valence-electron chi connectivity index (χ2n) is 7.24. The fraction of sp³-hybridized carbons (Fsp3) is 0.308. The van der Waals surface area contributed by atoms with Crippen LogP contribution in [-0.2, 0) is 9.53 Å². The maximum atomic E-state index is 12.2. The Balaban J connectivity index is 1.78. The van der Waals surface area contributed by atoms with Gasteiger partial charge in [-0.2, -0.15) is 5.26 Å². The molecule has 2 aromatic carbocycles. The van der Waals surface area contributed by atoms with Gasteiger partial charge in [-0.1, -0.05) is 18.2 Å². The average Bonchev–Trinajstić information content (AvgIpc) is 3.29. The predicted octanol–water partition coefficient (Wildman–Crippen LogP) is 5.47. The number of ether oxygens (including phenoxy) is 1. The molecular weight excluding hydrogens is 418 g/mol. The van der Waals surface area contributed by atoms with Crippen molar-refractivity contribution in [2.75, 3.05) is 37.7 Å². The van der Waals surface area contributed by atoms with Crippen molar-refractivity contribution in [1.29, 1.82) is 5.26 Å². The number of benzene rings is 2. The Bertz CT molecular complexity index is 1140. The van der Waals surface area contributed by atoms with Crippen LogP contribution < -0.4 is 10.2 Å². The Morgan fingerprint density at radius 1 is 1.09 bits per heavy atom. The number of hydrogen-bond donors (Lipinski definition) is 1. The Kier molecular flexibility index (Phi) is 8.43. The van der Waals surface area contributed by atoms with Crippen LogP contribution in [0.15, 0.2) is 54.1 Å². The molecule has 3 rings (SSSR count). The highest BCUT2D eigenvalue weighted by Gasteiger charge is 2.10. The zero-order valence-electron chi connectivity index (χ0n) is 18.9. The van der Waals surface area contributed by atoms with Gasteiger partial charge in [-0.15, -0.1) is 11.3 Å². The normalized spacial score (nSPS) is 11.4. The first kappa shape index (κ1) is 23.5. The summed E-state index contributed by atoms with van der Waals surface area (Å²) in [6.07, 6.45) is 1.64. The van der Waals surface area contributed by atoms with E-state index in [4.69, 9.17) is 4.74 Å². The Labute approximate surface area is 193 Å². The van der Waals surface area contributed by atoms with E-state index in [9.17, 15) is 10.1 Å². The van der Waals surface area contributed by atoms with Gasteiger partial charge in [-0.25, -0.2) is 0 Å². The van der Waals surface area contributed by atoms with E-state index in [1.807, 2.05) is 25.1 Å². The summed E-state index contributed by atoms with van der Waals surface area (Å²) in [7, 11) is 0. The first-order valence-electron chi connectivity index (χ1n) is 11.0. The van der Waals surface area contributed by atoms with Crippen LogP contribution in [0, 0.1) is 11.3 Å². The van der Waals surface area contributed by atoms with E-state index in [0.717, 1.165) is 28.4 Å². The van der Waals surface area contributed by atoms with Gasteiger partial charge in [0.1, 0.15) is 11.6 Å². The SMILES string of the molecule is CCOCCNC(=O)/C(C#N)=C/c1ccc(-c2ccc3cc(N(CC)CC)ccc3c2)s1. The number of carbonyl (C=O) groups is 1. The van der Waals surface area contributed by atoms with Crippen LogP contribution in [0.2, 0.25) is 0 Å². The van der Waals surface area contributed by atoms with Crippen LogP contribution in [0.25, 0.3) is 27.3 Å². The molecule has 0 fully saturated rings. The van der Waals surface area contributed by atoms with Crippen LogP contribution in [-0.4, -0.2) is 38.8 Å². The fourth-order valence-corrected chi connectivity index (χ4v) is 4.47. The van der Waals surface area contributed by atoms with E-state index >= 15 is 0 Å². The molecule has 0 radical (unpaired) electrons. The molecule has 0 saturated heterocycles. The lowest BCUT2D eigenvalue weighted by Crippen LogP contribution is -2.28. The Morgan fingerprint density at radius 2 is 1.84 bits per heavy atom. The monoisotopic (exact) mass is 447 g/mol. The second-order valence-corrected chi connectivity index (χ2v) is 8.36. The summed E-state index contributed by atoms with van der Waals surface area (Å²) in [6, 6.07) is 19.0. The molecule has 5 nitrogen and oxygen atoms in total. The molecular formula is C26H29N3O2S. The lowest BCUT2D eigenvalue weighted by molar-refractivity contribution is -0.117. The van der Waals surface area contributed by atoms with Gasteiger partial charge in [-0.3, -0.25) is 4.79 Å². The number of nitrogens with zero attached hydrogens (tertiary/aromatic N) is 2. The van der Waals surface area contributed by atoms with Gasteiger partial charge >= 0.3 is 0 Å². The van der Waals surface area contributed by atoms with Crippen LogP contribution in [0.5, 0.6) is 0 Å². The first-order valence-corrected chi connectivity index (χ1v) is 11.8. The molecule has 1 amide bonds. The molecule has 1 aromatic heterocycles. The van der Waals surface area contributed by atoms with E-state index in [-0.39, 0.29) is 11.5 Å². The van der Waals surface area contributed by atoms with E-state index in [1.165, 1.54) is 16.5 Å². The number of carbonyl (C=O) groups excluding carboxylic acids is 1. The van der Waals surface area contributed by atoms with Gasteiger partial charge in [-0.05, 0) is 73.5 Å². The van der Waals surface area contributed by atoms with Crippen molar-refractivity contribution in [1.82, 2.24) is 5.32 Å². The molecule has 0 atom stereocenters. The third-order valence-electron chi connectivity index (χ3n) is 5.25. The maximum Gasteiger partial charge on any atom is 0.262 e. The summed E-state index contributed by atoms with van der Waals surface area (Å²) in [6.45, 7) is 9.62. The van der Waals surface area contributed by atoms with Crippen LogP contribution in [0.3, 0.4) is 0 Å². The number of thiophene rings is 1. The summed E-state index contributed by atoms with van der Waals surface area (Å²) in [5, 5.41) is 14.5. The van der Waals surface area contributed by atoms with Crippen molar-refractivity contribution >= 4 is 39.8 Å². The van der Waals surface area contributed by atoms with E-state index < -0.39 is 0 Å². The van der Waals surface area contributed by atoms with Gasteiger partial charge in [0, 0.05) is 41.7 Å². The summed E-state index contributed by atoms with van der Waals surface area (Å²) >= 11 is 1.56. The molecule has 6 heteroatoms. The molecule has 1 heterocycles. The number of nitriles is 1.